The maximum Gasteiger partial charge on any atom is 0.335 e. The molecule has 7 heteroatoms. The summed E-state index contributed by atoms with van der Waals surface area (Å²) in [6.45, 7) is -7.98. The van der Waals surface area contributed by atoms with E-state index in [0.717, 1.165) is 7.14 Å². The molecule has 0 radical (unpaired) electrons. The molecule has 0 aromatic heterocycles. The van der Waals surface area contributed by atoms with E-state index in [2.05, 4.69) is 27.9 Å². The first-order chi connectivity index (χ1) is 15.3. The molecule has 0 aliphatic carbocycles. The first-order valence-corrected chi connectivity index (χ1v) is 8.73. The number of carboxylic acids is 1. The summed E-state index contributed by atoms with van der Waals surface area (Å²) in [5, 5.41) is 10.6. The highest BCUT2D eigenvalue weighted by Crippen LogP contribution is 2.09. The van der Waals surface area contributed by atoms with Crippen LogP contribution in [0.1, 0.15) is 33.1 Å². The fourth-order valence-corrected chi connectivity index (χ4v) is 2.46. The number of carboxylic acid groups (broad SMARTS) is 1. The van der Waals surface area contributed by atoms with E-state index in [1.807, 2.05) is 28.7 Å². The summed E-state index contributed by atoms with van der Waals surface area (Å²) in [7, 11) is 1.40. The molecule has 0 aliphatic heterocycles. The van der Waals surface area contributed by atoms with Gasteiger partial charge in [0.05, 0.1) is 5.56 Å². The van der Waals surface area contributed by atoms with Crippen LogP contribution in [0, 0.1) is 7.14 Å². The fraction of sp³-hybridized carbons (Fsp3) is 0.222. The van der Waals surface area contributed by atoms with Crippen molar-refractivity contribution in [3.05, 3.63) is 66.8 Å². The predicted octanol–water partition coefficient (Wildman–Crippen LogP) is 3.82. The minimum atomic E-state index is -3.01. The molecule has 0 unspecified atom stereocenters. The zero-order valence-electron chi connectivity index (χ0n) is 22.1. The molecule has 0 saturated heterocycles. The van der Waals surface area contributed by atoms with E-state index >= 15 is 0 Å². The van der Waals surface area contributed by atoms with Crippen LogP contribution in [0.15, 0.2) is 48.5 Å². The number of amides is 1. The Kier molecular flexibility index (Phi) is 6.39. The van der Waals surface area contributed by atoms with E-state index < -0.39 is 32.8 Å². The molecular weight excluding hydrogens is 546 g/mol. The molecule has 0 bridgehead atoms. The number of carbonyl (C=O) groups is 2. The van der Waals surface area contributed by atoms with Crippen LogP contribution in [0.25, 0.3) is 0 Å². The van der Waals surface area contributed by atoms with Crippen molar-refractivity contribution in [3.63, 3.8) is 0 Å². The van der Waals surface area contributed by atoms with E-state index in [-0.39, 0.29) is 10.5 Å². The maximum absolute atomic E-state index is 12.0. The third-order valence-corrected chi connectivity index (χ3v) is 3.69. The van der Waals surface area contributed by atoms with Crippen LogP contribution in [0.2, 0.25) is 0 Å². The van der Waals surface area contributed by atoms with Crippen molar-refractivity contribution in [1.29, 1.82) is 0 Å². The van der Waals surface area contributed by atoms with E-state index in [9.17, 15) is 9.59 Å². The first-order valence-electron chi connectivity index (χ1n) is 11.1. The summed E-state index contributed by atoms with van der Waals surface area (Å²) in [5.74, 6) is -1.91. The van der Waals surface area contributed by atoms with Crippen LogP contribution in [-0.4, -0.2) is 49.9 Å². The lowest BCUT2D eigenvalue weighted by atomic mass is 10.2. The highest BCUT2D eigenvalue weighted by atomic mass is 127. The molecule has 0 aliphatic rings. The lowest BCUT2D eigenvalue weighted by molar-refractivity contribution is 0.0696. The Morgan fingerprint density at radius 2 is 1.52 bits per heavy atom. The van der Waals surface area contributed by atoms with Crippen LogP contribution in [0.3, 0.4) is 0 Å². The molecule has 2 aromatic rings. The number of nitrogens with zero attached hydrogens (tertiary/aromatic N) is 1. The molecule has 1 amide bonds. The number of rotatable bonds is 2. The highest BCUT2D eigenvalue weighted by Gasteiger charge is 2.06. The van der Waals surface area contributed by atoms with Crippen LogP contribution in [-0.2, 0) is 0 Å². The van der Waals surface area contributed by atoms with Crippen molar-refractivity contribution in [3.8, 4) is 0 Å². The summed E-state index contributed by atoms with van der Waals surface area (Å²) in [6.07, 6.45) is 0. The van der Waals surface area contributed by atoms with Gasteiger partial charge in [-0.1, -0.05) is 12.1 Å². The van der Waals surface area contributed by atoms with Gasteiger partial charge in [-0.05, 0) is 95.6 Å². The molecule has 2 aromatic carbocycles. The van der Waals surface area contributed by atoms with Crippen molar-refractivity contribution in [1.82, 2.24) is 10.2 Å². The van der Waals surface area contributed by atoms with Gasteiger partial charge in [0.15, 0.2) is 0 Å². The maximum atomic E-state index is 12.0. The molecule has 0 spiro atoms. The number of carbonyl (C=O) groups excluding carboxylic acids is 1. The molecule has 0 saturated carbocycles. The first kappa shape index (κ1) is 12.2. The lowest BCUT2D eigenvalue weighted by Crippen LogP contribution is -2.21. The summed E-state index contributed by atoms with van der Waals surface area (Å²) in [4.78, 5) is 22.3. The van der Waals surface area contributed by atoms with Crippen molar-refractivity contribution in [2.45, 2.75) is 0 Å². The highest BCUT2D eigenvalue weighted by molar-refractivity contribution is 14.1. The largest absolute Gasteiger partial charge is 0.478 e. The zero-order valence-corrected chi connectivity index (χ0v) is 17.4. The summed E-state index contributed by atoms with van der Waals surface area (Å²) in [5.41, 5.74) is 0.376. The summed E-state index contributed by atoms with van der Waals surface area (Å²) >= 11 is 4.03. The monoisotopic (exact) mass is 577 g/mol. The van der Waals surface area contributed by atoms with Gasteiger partial charge < -0.3 is 15.3 Å². The van der Waals surface area contributed by atoms with Gasteiger partial charge in [0.1, 0.15) is 0 Å². The van der Waals surface area contributed by atoms with E-state index in [1.165, 1.54) is 19.2 Å². The minimum Gasteiger partial charge on any atom is -0.478 e. The number of hydrogen-bond acceptors (Lipinski definition) is 3. The number of aromatic carboxylic acids is 1. The predicted molar refractivity (Wildman–Crippen MR) is 118 cm³/mol. The quantitative estimate of drug-likeness (QED) is 0.533. The Balaban J connectivity index is 0.000000568. The Hall–Kier alpha value is -1.20. The molecule has 0 fully saturated rings. The molecule has 2 N–H and O–H groups in total. The van der Waals surface area contributed by atoms with Gasteiger partial charge in [-0.2, -0.15) is 0 Å². The molecule has 0 atom stereocenters. The number of benzene rings is 2. The van der Waals surface area contributed by atoms with E-state index in [1.54, 1.807) is 30.3 Å². The minimum absolute atomic E-state index is 0.0363. The smallest absolute Gasteiger partial charge is 0.335 e. The van der Waals surface area contributed by atoms with E-state index in [0.29, 0.717) is 5.56 Å². The van der Waals surface area contributed by atoms with Crippen LogP contribution >= 0.6 is 45.2 Å². The Bertz CT molecular complexity index is 951. The standard InChI is InChI=1S/C9H10INO.C7H5IO2.C2H7N/c1-11(2)9(12)7-4-3-5-8(10)6-7;8-6-3-1-2-5(4-6)7(9)10;1-3-2/h3-6H,1-2H3;1-4H,(H,9,10);3H,1-2H3/i1D3,2D3;;1D3. The second kappa shape index (κ2) is 13.1. The van der Waals surface area contributed by atoms with Crippen LogP contribution < -0.4 is 5.32 Å². The summed E-state index contributed by atoms with van der Waals surface area (Å²) < 4.78 is 63.8. The van der Waals surface area contributed by atoms with Gasteiger partial charge >= 0.3 is 5.97 Å². The van der Waals surface area contributed by atoms with Gasteiger partial charge in [-0.3, -0.25) is 4.79 Å². The third-order valence-electron chi connectivity index (χ3n) is 2.35. The second-order valence-electron chi connectivity index (χ2n) is 4.22. The molecule has 2 rings (SSSR count). The molecule has 25 heavy (non-hydrogen) atoms. The number of hydrogen-bond donors (Lipinski definition) is 2. The van der Waals surface area contributed by atoms with Gasteiger partial charge in [-0.15, -0.1) is 0 Å². The van der Waals surface area contributed by atoms with Gasteiger partial charge in [0.25, 0.3) is 5.91 Å². The van der Waals surface area contributed by atoms with Crippen molar-refractivity contribution < 1.29 is 27.0 Å². The lowest BCUT2D eigenvalue weighted by Gasteiger charge is -2.09. The fourth-order valence-electron chi connectivity index (χ4n) is 1.37. The average molecular weight is 577 g/mol. The second-order valence-corrected chi connectivity index (χ2v) is 6.71. The van der Waals surface area contributed by atoms with Crippen molar-refractivity contribution in [2.75, 3.05) is 28.0 Å². The van der Waals surface area contributed by atoms with Crippen molar-refractivity contribution >= 4 is 57.1 Å². The van der Waals surface area contributed by atoms with Crippen LogP contribution in [0.5, 0.6) is 0 Å². The van der Waals surface area contributed by atoms with Gasteiger partial charge in [-0.25, -0.2) is 4.79 Å². The molecule has 136 valence electrons. The summed E-state index contributed by atoms with van der Waals surface area (Å²) in [6, 6.07) is 12.9. The Labute approximate surface area is 188 Å². The normalized spacial score (nSPS) is 15.9. The molecule has 0 heterocycles. The zero-order chi connectivity index (χ0) is 26.9. The Morgan fingerprint density at radius 1 is 1.04 bits per heavy atom. The molecular formula is C18H22I2N2O3. The molecule has 5 nitrogen and oxygen atoms in total. The van der Waals surface area contributed by atoms with Crippen molar-refractivity contribution in [2.24, 2.45) is 0 Å². The number of halogens is 2. The Morgan fingerprint density at radius 3 is 1.88 bits per heavy atom. The topological polar surface area (TPSA) is 69.6 Å². The van der Waals surface area contributed by atoms with Gasteiger partial charge in [0.2, 0.25) is 0 Å². The average Bonchev–Trinajstić information content (AvgIpc) is 2.66. The third kappa shape index (κ3) is 10.4. The van der Waals surface area contributed by atoms with Crippen LogP contribution in [0.4, 0.5) is 0 Å². The van der Waals surface area contributed by atoms with Gasteiger partial charge in [0, 0.05) is 39.0 Å². The number of nitrogens with one attached hydrogen (secondary N) is 1. The van der Waals surface area contributed by atoms with E-state index in [4.69, 9.17) is 17.4 Å². The SMILES string of the molecule is O=C(O)c1cccc(I)c1.[2H]C([2H])([2H])N(C(=O)c1cccc(I)c1)C([2H])([2H])[2H].[2H]C([2H])([2H])NC.